The molecule has 208 valence electrons. The van der Waals surface area contributed by atoms with Crippen LogP contribution in [0.4, 0.5) is 22.1 Å². The molecule has 38 heavy (non-hydrogen) atoms. The van der Waals surface area contributed by atoms with Crippen molar-refractivity contribution in [3.05, 3.63) is 41.2 Å². The third-order valence-corrected chi connectivity index (χ3v) is 5.65. The summed E-state index contributed by atoms with van der Waals surface area (Å²) in [7, 11) is 1.93. The first-order chi connectivity index (χ1) is 17.7. The van der Waals surface area contributed by atoms with Gasteiger partial charge in [-0.2, -0.15) is 0 Å². The summed E-state index contributed by atoms with van der Waals surface area (Å²) in [5, 5.41) is 8.53. The van der Waals surface area contributed by atoms with Gasteiger partial charge in [-0.15, -0.1) is 0 Å². The Morgan fingerprint density at radius 3 is 2.39 bits per heavy atom. The number of nitrogens with one attached hydrogen (secondary N) is 3. The molecular weight excluding hydrogens is 486 g/mol. The van der Waals surface area contributed by atoms with Crippen molar-refractivity contribution in [2.24, 2.45) is 5.73 Å². The first kappa shape index (κ1) is 30.3. The van der Waals surface area contributed by atoms with E-state index in [4.69, 9.17) is 15.5 Å². The number of carbonyl (C=O) groups excluding carboxylic acids is 3. The number of carbonyl (C=O) groups is 3. The van der Waals surface area contributed by atoms with Gasteiger partial charge in [-0.3, -0.25) is 9.59 Å². The zero-order valence-electron chi connectivity index (χ0n) is 23.6. The molecule has 11 nitrogen and oxygen atoms in total. The van der Waals surface area contributed by atoms with Crippen LogP contribution in [0.1, 0.15) is 70.2 Å². The molecule has 0 aliphatic carbocycles. The summed E-state index contributed by atoms with van der Waals surface area (Å²) in [4.78, 5) is 47.6. The van der Waals surface area contributed by atoms with Crippen molar-refractivity contribution in [3.8, 4) is 0 Å². The van der Waals surface area contributed by atoms with E-state index < -0.39 is 23.6 Å². The number of anilines is 3. The number of hydrogen-bond donors (Lipinski definition) is 4. The van der Waals surface area contributed by atoms with E-state index in [1.165, 1.54) is 0 Å². The predicted molar refractivity (Wildman–Crippen MR) is 149 cm³/mol. The maximum atomic E-state index is 12.4. The van der Waals surface area contributed by atoms with Crippen LogP contribution in [0.2, 0.25) is 0 Å². The summed E-state index contributed by atoms with van der Waals surface area (Å²) >= 11 is 0. The second kappa shape index (κ2) is 13.1. The van der Waals surface area contributed by atoms with Gasteiger partial charge in [-0.25, -0.2) is 14.8 Å². The van der Waals surface area contributed by atoms with Crippen LogP contribution in [-0.2, 0) is 22.4 Å². The van der Waals surface area contributed by atoms with Gasteiger partial charge in [-0.05, 0) is 72.1 Å². The molecule has 0 saturated carbocycles. The number of primary amides is 1. The van der Waals surface area contributed by atoms with Crippen molar-refractivity contribution in [2.45, 2.75) is 79.0 Å². The lowest BCUT2D eigenvalue weighted by Crippen LogP contribution is -2.46. The number of benzene rings is 1. The molecule has 0 aliphatic heterocycles. The van der Waals surface area contributed by atoms with Gasteiger partial charge >= 0.3 is 6.09 Å². The minimum atomic E-state index is -0.743. The van der Waals surface area contributed by atoms with Crippen molar-refractivity contribution in [1.82, 2.24) is 20.6 Å². The summed E-state index contributed by atoms with van der Waals surface area (Å²) < 4.78 is 5.18. The average molecular weight is 528 g/mol. The summed E-state index contributed by atoms with van der Waals surface area (Å²) in [6.07, 6.45) is 0.505. The van der Waals surface area contributed by atoms with E-state index in [2.05, 4.69) is 20.9 Å². The maximum Gasteiger partial charge on any atom is 0.408 e. The van der Waals surface area contributed by atoms with Gasteiger partial charge in [0.1, 0.15) is 11.6 Å². The Labute approximate surface area is 224 Å². The lowest BCUT2D eigenvalue weighted by Gasteiger charge is -2.25. The fraction of sp³-hybridized carbons (Fsp3) is 0.519. The monoisotopic (exact) mass is 527 g/mol. The standard InChI is InChI=1S/C27H41N7O4/c1-9-20-24(34(8)16(2)3)33-23(21(32-20)22(28)35)31-19-12-10-11-18(15-19)13-14-29-25(36)17(4)30-26(37)38-27(5,6)7/h10-12,15-17H,9,13-14H2,1-8H3,(H2,28,35)(H,29,36)(H,30,37)(H,31,33)/t17-/m0/s1. The highest BCUT2D eigenvalue weighted by atomic mass is 16.6. The van der Waals surface area contributed by atoms with E-state index in [9.17, 15) is 14.4 Å². The molecule has 0 saturated heterocycles. The Morgan fingerprint density at radius 1 is 1.13 bits per heavy atom. The summed E-state index contributed by atoms with van der Waals surface area (Å²) in [5.74, 6) is -0.0153. The maximum absolute atomic E-state index is 12.4. The highest BCUT2D eigenvalue weighted by Gasteiger charge is 2.22. The molecule has 0 spiro atoms. The quantitative estimate of drug-likeness (QED) is 0.347. The van der Waals surface area contributed by atoms with E-state index >= 15 is 0 Å². The van der Waals surface area contributed by atoms with Crippen LogP contribution in [0.5, 0.6) is 0 Å². The fourth-order valence-corrected chi connectivity index (χ4v) is 3.46. The van der Waals surface area contributed by atoms with Gasteiger partial charge in [0.05, 0.1) is 5.69 Å². The molecule has 2 aromatic rings. The van der Waals surface area contributed by atoms with Crippen molar-refractivity contribution in [1.29, 1.82) is 0 Å². The van der Waals surface area contributed by atoms with Crippen molar-refractivity contribution < 1.29 is 19.1 Å². The number of aryl methyl sites for hydroxylation is 1. The van der Waals surface area contributed by atoms with Crippen molar-refractivity contribution >= 4 is 35.2 Å². The van der Waals surface area contributed by atoms with Crippen LogP contribution in [0, 0.1) is 0 Å². The molecule has 0 fully saturated rings. The molecule has 1 aromatic heterocycles. The Balaban J connectivity index is 2.09. The number of aromatic nitrogens is 2. The van der Waals surface area contributed by atoms with Crippen LogP contribution >= 0.6 is 0 Å². The molecule has 5 N–H and O–H groups in total. The van der Waals surface area contributed by atoms with Gasteiger partial charge in [-0.1, -0.05) is 19.1 Å². The van der Waals surface area contributed by atoms with Crippen molar-refractivity contribution in [2.75, 3.05) is 23.8 Å². The minimum absolute atomic E-state index is 0.0758. The third kappa shape index (κ3) is 8.89. The first-order valence-corrected chi connectivity index (χ1v) is 12.8. The molecule has 0 unspecified atom stereocenters. The molecular formula is C27H41N7O4. The Bertz CT molecular complexity index is 1140. The Kier molecular flexibility index (Phi) is 10.4. The Morgan fingerprint density at radius 2 is 1.82 bits per heavy atom. The van der Waals surface area contributed by atoms with Gasteiger partial charge in [0.15, 0.2) is 17.3 Å². The van der Waals surface area contributed by atoms with E-state index in [-0.39, 0.29) is 23.5 Å². The number of hydrogen-bond acceptors (Lipinski definition) is 8. The van der Waals surface area contributed by atoms with Gasteiger partial charge in [0, 0.05) is 25.3 Å². The molecule has 1 aromatic carbocycles. The highest BCUT2D eigenvalue weighted by Crippen LogP contribution is 2.25. The van der Waals surface area contributed by atoms with Crippen LogP contribution in [0.25, 0.3) is 0 Å². The molecule has 1 heterocycles. The Hall–Kier alpha value is -3.89. The number of nitrogens with zero attached hydrogens (tertiary/aromatic N) is 3. The minimum Gasteiger partial charge on any atom is -0.444 e. The summed E-state index contributed by atoms with van der Waals surface area (Å²) in [5.41, 5.74) is 7.39. The molecule has 2 rings (SSSR count). The van der Waals surface area contributed by atoms with Gasteiger partial charge < -0.3 is 31.3 Å². The van der Waals surface area contributed by atoms with Crippen LogP contribution in [0.15, 0.2) is 24.3 Å². The average Bonchev–Trinajstić information content (AvgIpc) is 2.81. The predicted octanol–water partition coefficient (Wildman–Crippen LogP) is 3.30. The molecule has 11 heteroatoms. The molecule has 3 amide bonds. The lowest BCUT2D eigenvalue weighted by molar-refractivity contribution is -0.122. The molecule has 0 bridgehead atoms. The van der Waals surface area contributed by atoms with Crippen LogP contribution < -0.4 is 26.6 Å². The van der Waals surface area contributed by atoms with E-state index in [0.717, 1.165) is 5.56 Å². The highest BCUT2D eigenvalue weighted by molar-refractivity contribution is 5.96. The molecule has 0 aliphatic rings. The lowest BCUT2D eigenvalue weighted by atomic mass is 10.1. The zero-order valence-corrected chi connectivity index (χ0v) is 23.6. The second-order valence-corrected chi connectivity index (χ2v) is 10.3. The second-order valence-electron chi connectivity index (χ2n) is 10.3. The zero-order chi connectivity index (χ0) is 28.6. The normalized spacial score (nSPS) is 12.0. The van der Waals surface area contributed by atoms with Crippen molar-refractivity contribution in [3.63, 3.8) is 0 Å². The van der Waals surface area contributed by atoms with Gasteiger partial charge in [0.25, 0.3) is 5.91 Å². The topological polar surface area (TPSA) is 152 Å². The largest absolute Gasteiger partial charge is 0.444 e. The van der Waals surface area contributed by atoms with Gasteiger partial charge in [0.2, 0.25) is 5.91 Å². The summed E-state index contributed by atoms with van der Waals surface area (Å²) in [6.45, 7) is 13.3. The van der Waals surface area contributed by atoms with E-state index in [1.54, 1.807) is 27.7 Å². The summed E-state index contributed by atoms with van der Waals surface area (Å²) in [6, 6.07) is 6.99. The number of amides is 3. The number of alkyl carbamates (subject to hydrolysis) is 1. The molecule has 0 radical (unpaired) electrons. The number of ether oxygens (including phenoxy) is 1. The van der Waals surface area contributed by atoms with Crippen LogP contribution in [0.3, 0.4) is 0 Å². The SMILES string of the molecule is CCc1nc(C(N)=O)c(Nc2cccc(CCNC(=O)[C@H](C)NC(=O)OC(C)(C)C)c2)nc1N(C)C(C)C. The third-order valence-electron chi connectivity index (χ3n) is 5.65. The number of rotatable bonds is 11. The first-order valence-electron chi connectivity index (χ1n) is 12.8. The smallest absolute Gasteiger partial charge is 0.408 e. The number of nitrogens with two attached hydrogens (primary N) is 1. The van der Waals surface area contributed by atoms with Crippen LogP contribution in [-0.4, -0.2) is 59.2 Å². The van der Waals surface area contributed by atoms with E-state index in [1.807, 2.05) is 57.0 Å². The molecule has 1 atom stereocenters. The fourth-order valence-electron chi connectivity index (χ4n) is 3.46. The van der Waals surface area contributed by atoms with E-state index in [0.29, 0.717) is 36.6 Å².